The first-order valence-corrected chi connectivity index (χ1v) is 12.4. The number of hydrogen-bond acceptors (Lipinski definition) is 5. The number of nitrogens with zero attached hydrogens (tertiary/aromatic N) is 2. The quantitative estimate of drug-likeness (QED) is 0.482. The molecule has 2 aromatic rings. The highest BCUT2D eigenvalue weighted by Gasteiger charge is 2.22. The first kappa shape index (κ1) is 26.0. The highest BCUT2D eigenvalue weighted by Crippen LogP contribution is 2.23. The van der Waals surface area contributed by atoms with Crippen LogP contribution in [0.4, 0.5) is 11.4 Å². The van der Waals surface area contributed by atoms with Gasteiger partial charge in [0.2, 0.25) is 11.8 Å². The molecule has 1 saturated heterocycles. The number of H-pyrrole nitrogens is 1. The second-order valence-electron chi connectivity index (χ2n) is 9.17. The van der Waals surface area contributed by atoms with E-state index >= 15 is 0 Å². The number of nitriles is 1. The Labute approximate surface area is 206 Å². The maximum Gasteiger partial charge on any atom is 0.266 e. The van der Waals surface area contributed by atoms with Gasteiger partial charge >= 0.3 is 0 Å². The summed E-state index contributed by atoms with van der Waals surface area (Å²) >= 11 is 0. The number of amides is 2. The van der Waals surface area contributed by atoms with Gasteiger partial charge in [-0.3, -0.25) is 14.4 Å². The fourth-order valence-electron chi connectivity index (χ4n) is 4.59. The van der Waals surface area contributed by atoms with Gasteiger partial charge in [-0.15, -0.1) is 0 Å². The maximum absolute atomic E-state index is 13.1. The molecule has 0 aliphatic carbocycles. The van der Waals surface area contributed by atoms with Crippen LogP contribution in [0.1, 0.15) is 67.8 Å². The third-order valence-electron chi connectivity index (χ3n) is 6.61. The van der Waals surface area contributed by atoms with Crippen molar-refractivity contribution in [3.05, 3.63) is 57.0 Å². The average molecular weight is 478 g/mol. The van der Waals surface area contributed by atoms with E-state index in [0.717, 1.165) is 42.9 Å². The summed E-state index contributed by atoms with van der Waals surface area (Å²) in [5.74, 6) is -0.468. The predicted molar refractivity (Wildman–Crippen MR) is 138 cm³/mol. The molecule has 8 nitrogen and oxygen atoms in total. The molecule has 186 valence electrons. The average Bonchev–Trinajstić information content (AvgIpc) is 3.37. The van der Waals surface area contributed by atoms with Crippen LogP contribution in [0.5, 0.6) is 0 Å². The van der Waals surface area contributed by atoms with E-state index < -0.39 is 11.6 Å². The summed E-state index contributed by atoms with van der Waals surface area (Å²) in [5, 5.41) is 15.1. The van der Waals surface area contributed by atoms with Crippen molar-refractivity contribution in [2.24, 2.45) is 0 Å². The molecule has 2 amide bonds. The smallest absolute Gasteiger partial charge is 0.266 e. The summed E-state index contributed by atoms with van der Waals surface area (Å²) in [6, 6.07) is 9.14. The molecule has 3 rings (SSSR count). The van der Waals surface area contributed by atoms with Gasteiger partial charge in [-0.1, -0.05) is 25.8 Å². The van der Waals surface area contributed by atoms with Gasteiger partial charge in [-0.2, -0.15) is 5.26 Å². The van der Waals surface area contributed by atoms with Crippen LogP contribution in [0.15, 0.2) is 29.1 Å². The number of carbonyl (C=O) groups is 2. The van der Waals surface area contributed by atoms with Gasteiger partial charge < -0.3 is 20.5 Å². The van der Waals surface area contributed by atoms with Gasteiger partial charge in [0.1, 0.15) is 17.7 Å². The van der Waals surface area contributed by atoms with Crippen molar-refractivity contribution in [3.63, 3.8) is 0 Å². The summed E-state index contributed by atoms with van der Waals surface area (Å²) in [7, 11) is 0. The molecule has 0 bridgehead atoms. The molecule has 1 atom stereocenters. The zero-order chi connectivity index (χ0) is 25.4. The standard InChI is InChI=1S/C27H35N5O3/c1-4-5-11-24(27(35)30-20-9-8-10-21(16-20)32-14-6-7-15-32)31-25(33)13-12-22-18(2)23(17-28)26(34)29-19(22)3/h8-10,16,24H,4-7,11-15H2,1-3H3,(H,29,34)(H,30,35)(H,31,33). The lowest BCUT2D eigenvalue weighted by Gasteiger charge is -2.21. The lowest BCUT2D eigenvalue weighted by molar-refractivity contribution is -0.126. The largest absolute Gasteiger partial charge is 0.371 e. The summed E-state index contributed by atoms with van der Waals surface area (Å²) in [4.78, 5) is 42.8. The molecule has 1 aromatic heterocycles. The number of carbonyl (C=O) groups excluding carboxylic acids is 2. The zero-order valence-electron chi connectivity index (χ0n) is 20.9. The van der Waals surface area contributed by atoms with E-state index in [1.54, 1.807) is 13.8 Å². The Balaban J connectivity index is 1.65. The van der Waals surface area contributed by atoms with Crippen molar-refractivity contribution >= 4 is 23.2 Å². The molecule has 1 aliphatic heterocycles. The predicted octanol–water partition coefficient (Wildman–Crippen LogP) is 3.71. The Bertz CT molecular complexity index is 1160. The van der Waals surface area contributed by atoms with Gasteiger partial charge in [0.05, 0.1) is 0 Å². The van der Waals surface area contributed by atoms with Crippen molar-refractivity contribution in [1.82, 2.24) is 10.3 Å². The van der Waals surface area contributed by atoms with Crippen LogP contribution in [0.25, 0.3) is 0 Å². The fourth-order valence-corrected chi connectivity index (χ4v) is 4.59. The van der Waals surface area contributed by atoms with E-state index in [0.29, 0.717) is 24.1 Å². The number of aromatic nitrogens is 1. The van der Waals surface area contributed by atoms with E-state index in [9.17, 15) is 19.6 Å². The van der Waals surface area contributed by atoms with Gasteiger partial charge in [-0.25, -0.2) is 0 Å². The van der Waals surface area contributed by atoms with Gasteiger partial charge in [0.15, 0.2) is 0 Å². The molecule has 0 saturated carbocycles. The lowest BCUT2D eigenvalue weighted by Crippen LogP contribution is -2.44. The third kappa shape index (κ3) is 6.72. The number of aromatic amines is 1. The van der Waals surface area contributed by atoms with Crippen molar-refractivity contribution < 1.29 is 9.59 Å². The first-order valence-electron chi connectivity index (χ1n) is 12.4. The van der Waals surface area contributed by atoms with Gasteiger partial charge in [-0.05, 0) is 68.9 Å². The summed E-state index contributed by atoms with van der Waals surface area (Å²) in [6.45, 7) is 7.58. The monoisotopic (exact) mass is 477 g/mol. The molecule has 0 spiro atoms. The molecule has 8 heteroatoms. The zero-order valence-corrected chi connectivity index (χ0v) is 20.9. The molecular formula is C27H35N5O3. The van der Waals surface area contributed by atoms with Crippen molar-refractivity contribution in [3.8, 4) is 6.07 Å². The van der Waals surface area contributed by atoms with Crippen LogP contribution in [0.2, 0.25) is 0 Å². The van der Waals surface area contributed by atoms with Crippen molar-refractivity contribution in [2.75, 3.05) is 23.3 Å². The van der Waals surface area contributed by atoms with E-state index in [-0.39, 0.29) is 23.8 Å². The van der Waals surface area contributed by atoms with Crippen LogP contribution in [-0.2, 0) is 16.0 Å². The molecule has 1 unspecified atom stereocenters. The van der Waals surface area contributed by atoms with Crippen molar-refractivity contribution in [2.45, 2.75) is 71.8 Å². The molecule has 3 N–H and O–H groups in total. The van der Waals surface area contributed by atoms with Crippen LogP contribution in [0, 0.1) is 25.2 Å². The second kappa shape index (κ2) is 12.2. The Morgan fingerprint density at radius 1 is 1.23 bits per heavy atom. The van der Waals surface area contributed by atoms with Crippen LogP contribution < -0.4 is 21.1 Å². The molecule has 0 radical (unpaired) electrons. The summed E-state index contributed by atoms with van der Waals surface area (Å²) < 4.78 is 0. The molecule has 1 fully saturated rings. The van der Waals surface area contributed by atoms with E-state index in [1.807, 2.05) is 31.2 Å². The topological polar surface area (TPSA) is 118 Å². The van der Waals surface area contributed by atoms with Crippen LogP contribution in [0.3, 0.4) is 0 Å². The fraction of sp³-hybridized carbons (Fsp3) is 0.481. The highest BCUT2D eigenvalue weighted by molar-refractivity contribution is 5.97. The number of benzene rings is 1. The molecule has 35 heavy (non-hydrogen) atoms. The van der Waals surface area contributed by atoms with Gasteiger partial charge in [0.25, 0.3) is 5.56 Å². The minimum atomic E-state index is -0.634. The minimum absolute atomic E-state index is 0.0716. The van der Waals surface area contributed by atoms with E-state index in [1.165, 1.54) is 12.8 Å². The summed E-state index contributed by atoms with van der Waals surface area (Å²) in [6.07, 6.45) is 5.16. The first-order chi connectivity index (χ1) is 16.8. The van der Waals surface area contributed by atoms with Gasteiger partial charge in [0, 0.05) is 36.6 Å². The lowest BCUT2D eigenvalue weighted by atomic mass is 9.99. The number of aryl methyl sites for hydroxylation is 1. The molecule has 1 aliphatic rings. The Hall–Kier alpha value is -3.60. The minimum Gasteiger partial charge on any atom is -0.371 e. The third-order valence-corrected chi connectivity index (χ3v) is 6.61. The Morgan fingerprint density at radius 2 is 1.97 bits per heavy atom. The number of unbranched alkanes of at least 4 members (excludes halogenated alkanes) is 1. The normalized spacial score (nSPS) is 13.8. The van der Waals surface area contributed by atoms with E-state index in [4.69, 9.17) is 0 Å². The second-order valence-corrected chi connectivity index (χ2v) is 9.17. The molecular weight excluding hydrogens is 442 g/mol. The number of hydrogen-bond donors (Lipinski definition) is 3. The number of pyridine rings is 1. The SMILES string of the molecule is CCCCC(NC(=O)CCc1c(C)[nH]c(=O)c(C#N)c1C)C(=O)Nc1cccc(N2CCCC2)c1. The Morgan fingerprint density at radius 3 is 2.66 bits per heavy atom. The van der Waals surface area contributed by atoms with Crippen molar-refractivity contribution in [1.29, 1.82) is 5.26 Å². The summed E-state index contributed by atoms with van der Waals surface area (Å²) in [5.41, 5.74) is 3.50. The van der Waals surface area contributed by atoms with E-state index in [2.05, 4.69) is 26.6 Å². The molecule has 2 heterocycles. The Kier molecular flexibility index (Phi) is 9.07. The van der Waals surface area contributed by atoms with Crippen LogP contribution in [-0.4, -0.2) is 35.9 Å². The molecule has 1 aromatic carbocycles. The maximum atomic E-state index is 13.1. The van der Waals surface area contributed by atoms with Crippen LogP contribution >= 0.6 is 0 Å². The number of anilines is 2. The highest BCUT2D eigenvalue weighted by atomic mass is 16.2. The number of rotatable bonds is 10. The number of nitrogens with one attached hydrogen (secondary N) is 3.